The molecule has 0 saturated carbocycles. The topological polar surface area (TPSA) is 15.3 Å². The minimum Gasteiger partial charge on any atom is -0.315 e. The Bertz CT molecular complexity index is 173. The van der Waals surface area contributed by atoms with Crippen molar-refractivity contribution in [1.29, 1.82) is 0 Å². The molecule has 0 aliphatic carbocycles. The quantitative estimate of drug-likeness (QED) is 0.741. The maximum absolute atomic E-state index is 3.51. The van der Waals surface area contributed by atoms with Crippen LogP contribution in [0.15, 0.2) is 0 Å². The van der Waals surface area contributed by atoms with Crippen LogP contribution < -0.4 is 5.32 Å². The molecule has 14 heavy (non-hydrogen) atoms. The predicted molar refractivity (Wildman–Crippen MR) is 60.5 cm³/mol. The standard InChI is InChI=1S/C12H24N2/c1-3-12(4-2)9-14(10-12)11-6-5-7-13-8-11/h11,13H,3-10H2,1-2H3. The van der Waals surface area contributed by atoms with Crippen LogP contribution in [0, 0.1) is 5.41 Å². The minimum absolute atomic E-state index is 0.678. The van der Waals surface area contributed by atoms with E-state index in [1.54, 1.807) is 0 Å². The molecular weight excluding hydrogens is 172 g/mol. The molecule has 0 aromatic rings. The van der Waals surface area contributed by atoms with Crippen molar-refractivity contribution in [2.45, 2.75) is 45.6 Å². The first kappa shape index (κ1) is 10.4. The number of hydrogen-bond donors (Lipinski definition) is 1. The first-order valence-corrected chi connectivity index (χ1v) is 6.24. The third-order valence-electron chi connectivity index (χ3n) is 4.36. The molecule has 1 unspecified atom stereocenters. The molecule has 2 heteroatoms. The third-order valence-corrected chi connectivity index (χ3v) is 4.36. The Balaban J connectivity index is 1.80. The highest BCUT2D eigenvalue weighted by Gasteiger charge is 2.42. The third kappa shape index (κ3) is 1.82. The van der Waals surface area contributed by atoms with Gasteiger partial charge in [0.05, 0.1) is 0 Å². The summed E-state index contributed by atoms with van der Waals surface area (Å²) in [5, 5.41) is 3.51. The number of hydrogen-bond acceptors (Lipinski definition) is 2. The van der Waals surface area contributed by atoms with E-state index in [1.165, 1.54) is 51.9 Å². The van der Waals surface area contributed by atoms with Gasteiger partial charge in [-0.05, 0) is 37.6 Å². The zero-order valence-electron chi connectivity index (χ0n) is 9.68. The van der Waals surface area contributed by atoms with E-state index >= 15 is 0 Å². The van der Waals surface area contributed by atoms with Gasteiger partial charge in [-0.3, -0.25) is 4.90 Å². The molecule has 82 valence electrons. The fourth-order valence-electron chi connectivity index (χ4n) is 2.92. The van der Waals surface area contributed by atoms with Gasteiger partial charge in [0.25, 0.3) is 0 Å². The lowest BCUT2D eigenvalue weighted by molar-refractivity contribution is -0.0423. The van der Waals surface area contributed by atoms with Crippen LogP contribution in [0.5, 0.6) is 0 Å². The van der Waals surface area contributed by atoms with Gasteiger partial charge in [-0.2, -0.15) is 0 Å². The molecule has 2 rings (SSSR count). The first-order chi connectivity index (χ1) is 6.79. The zero-order valence-corrected chi connectivity index (χ0v) is 9.68. The molecule has 2 fully saturated rings. The predicted octanol–water partition coefficient (Wildman–Crippen LogP) is 1.86. The van der Waals surface area contributed by atoms with Crippen molar-refractivity contribution in [3.63, 3.8) is 0 Å². The Hall–Kier alpha value is -0.0800. The summed E-state index contributed by atoms with van der Waals surface area (Å²) in [6.07, 6.45) is 5.50. The van der Waals surface area contributed by atoms with E-state index in [-0.39, 0.29) is 0 Å². The monoisotopic (exact) mass is 196 g/mol. The van der Waals surface area contributed by atoms with Gasteiger partial charge >= 0.3 is 0 Å². The highest BCUT2D eigenvalue weighted by atomic mass is 15.2. The molecule has 1 atom stereocenters. The van der Waals surface area contributed by atoms with Gasteiger partial charge in [0.2, 0.25) is 0 Å². The molecule has 2 nitrogen and oxygen atoms in total. The van der Waals surface area contributed by atoms with Crippen LogP contribution in [0.1, 0.15) is 39.5 Å². The highest BCUT2D eigenvalue weighted by Crippen LogP contribution is 2.38. The molecular formula is C12H24N2. The van der Waals surface area contributed by atoms with Gasteiger partial charge in [0, 0.05) is 25.7 Å². The van der Waals surface area contributed by atoms with Crippen LogP contribution in [0.2, 0.25) is 0 Å². The maximum Gasteiger partial charge on any atom is 0.0221 e. The average molecular weight is 196 g/mol. The summed E-state index contributed by atoms with van der Waals surface area (Å²) >= 11 is 0. The summed E-state index contributed by atoms with van der Waals surface area (Å²) in [7, 11) is 0. The molecule has 2 heterocycles. The van der Waals surface area contributed by atoms with Crippen molar-refractivity contribution in [2.24, 2.45) is 5.41 Å². The number of rotatable bonds is 3. The molecule has 1 N–H and O–H groups in total. The van der Waals surface area contributed by atoms with E-state index in [4.69, 9.17) is 0 Å². The van der Waals surface area contributed by atoms with Crippen LogP contribution in [-0.4, -0.2) is 37.1 Å². The number of likely N-dealkylation sites (tertiary alicyclic amines) is 1. The molecule has 0 aromatic carbocycles. The van der Waals surface area contributed by atoms with Crippen LogP contribution >= 0.6 is 0 Å². The molecule has 2 aliphatic rings. The summed E-state index contributed by atoms with van der Waals surface area (Å²) in [6.45, 7) is 9.86. The Morgan fingerprint density at radius 2 is 2.00 bits per heavy atom. The van der Waals surface area contributed by atoms with E-state index in [1.807, 2.05) is 0 Å². The lowest BCUT2D eigenvalue weighted by Crippen LogP contribution is -2.62. The zero-order chi connectivity index (χ0) is 10.0. The molecule has 2 aliphatic heterocycles. The Morgan fingerprint density at radius 1 is 1.29 bits per heavy atom. The Labute approximate surface area is 88.1 Å². The van der Waals surface area contributed by atoms with Crippen LogP contribution in [0.3, 0.4) is 0 Å². The number of piperidine rings is 1. The summed E-state index contributed by atoms with van der Waals surface area (Å²) in [5.41, 5.74) is 0.678. The van der Waals surface area contributed by atoms with Crippen molar-refractivity contribution in [2.75, 3.05) is 26.2 Å². The van der Waals surface area contributed by atoms with E-state index in [0.717, 1.165) is 6.04 Å². The average Bonchev–Trinajstić information content (AvgIpc) is 2.19. The second kappa shape index (κ2) is 4.19. The minimum atomic E-state index is 0.678. The second-order valence-electron chi connectivity index (χ2n) is 5.11. The molecule has 0 spiro atoms. The van der Waals surface area contributed by atoms with Crippen LogP contribution in [0.25, 0.3) is 0 Å². The SMILES string of the molecule is CCC1(CC)CN(C2CCCNC2)C1. The summed E-state index contributed by atoms with van der Waals surface area (Å²) in [6, 6.07) is 0.843. The van der Waals surface area contributed by atoms with Gasteiger partial charge in [0.1, 0.15) is 0 Å². The van der Waals surface area contributed by atoms with Crippen molar-refractivity contribution < 1.29 is 0 Å². The van der Waals surface area contributed by atoms with Crippen LogP contribution in [-0.2, 0) is 0 Å². The fourth-order valence-corrected chi connectivity index (χ4v) is 2.92. The normalized spacial score (nSPS) is 32.6. The summed E-state index contributed by atoms with van der Waals surface area (Å²) < 4.78 is 0. The van der Waals surface area contributed by atoms with Gasteiger partial charge in [-0.1, -0.05) is 13.8 Å². The number of nitrogens with zero attached hydrogens (tertiary/aromatic N) is 1. The van der Waals surface area contributed by atoms with Crippen molar-refractivity contribution in [3.05, 3.63) is 0 Å². The van der Waals surface area contributed by atoms with Crippen LogP contribution in [0.4, 0.5) is 0 Å². The molecule has 2 saturated heterocycles. The lowest BCUT2D eigenvalue weighted by Gasteiger charge is -2.54. The highest BCUT2D eigenvalue weighted by molar-refractivity contribution is 4.97. The Kier molecular flexibility index (Phi) is 3.13. The summed E-state index contributed by atoms with van der Waals surface area (Å²) in [5.74, 6) is 0. The van der Waals surface area contributed by atoms with Crippen molar-refractivity contribution in [1.82, 2.24) is 10.2 Å². The van der Waals surface area contributed by atoms with Gasteiger partial charge in [-0.25, -0.2) is 0 Å². The molecule has 0 radical (unpaired) electrons. The van der Waals surface area contributed by atoms with E-state index in [9.17, 15) is 0 Å². The summed E-state index contributed by atoms with van der Waals surface area (Å²) in [4.78, 5) is 2.69. The molecule has 0 aromatic heterocycles. The molecule has 0 amide bonds. The van der Waals surface area contributed by atoms with Crippen molar-refractivity contribution in [3.8, 4) is 0 Å². The van der Waals surface area contributed by atoms with Gasteiger partial charge in [-0.15, -0.1) is 0 Å². The Morgan fingerprint density at radius 3 is 2.50 bits per heavy atom. The van der Waals surface area contributed by atoms with Gasteiger partial charge < -0.3 is 5.32 Å². The van der Waals surface area contributed by atoms with E-state index in [0.29, 0.717) is 5.41 Å². The maximum atomic E-state index is 3.51. The van der Waals surface area contributed by atoms with Gasteiger partial charge in [0.15, 0.2) is 0 Å². The second-order valence-corrected chi connectivity index (χ2v) is 5.11. The lowest BCUT2D eigenvalue weighted by atomic mass is 9.74. The van der Waals surface area contributed by atoms with E-state index in [2.05, 4.69) is 24.1 Å². The smallest absolute Gasteiger partial charge is 0.0221 e. The fraction of sp³-hybridized carbons (Fsp3) is 1.00. The molecule has 0 bridgehead atoms. The first-order valence-electron chi connectivity index (χ1n) is 6.24. The van der Waals surface area contributed by atoms with Crippen molar-refractivity contribution >= 4 is 0 Å². The van der Waals surface area contributed by atoms with E-state index < -0.39 is 0 Å². The largest absolute Gasteiger partial charge is 0.315 e. The number of nitrogens with one attached hydrogen (secondary N) is 1.